The van der Waals surface area contributed by atoms with Gasteiger partial charge in [0.05, 0.1) is 0 Å². The maximum absolute atomic E-state index is 13.4. The Balaban J connectivity index is 2.15. The number of rotatable bonds is 2. The summed E-state index contributed by atoms with van der Waals surface area (Å²) >= 11 is 0. The number of nitrogens with zero attached hydrogens (tertiary/aromatic N) is 1. The molecule has 1 amide bonds. The summed E-state index contributed by atoms with van der Waals surface area (Å²) < 4.78 is 13.4. The molecule has 2 aromatic rings. The number of hydrogen-bond acceptors (Lipinski definition) is 3. The van der Waals surface area contributed by atoms with Gasteiger partial charge in [0.25, 0.3) is 5.91 Å². The van der Waals surface area contributed by atoms with E-state index in [0.29, 0.717) is 16.8 Å². The molecule has 4 nitrogen and oxygen atoms in total. The molecule has 0 aliphatic rings. The average Bonchev–Trinajstić information content (AvgIpc) is 2.50. The van der Waals surface area contributed by atoms with E-state index in [0.717, 1.165) is 0 Å². The molecule has 2 N–H and O–H groups in total. The van der Waals surface area contributed by atoms with Crippen molar-refractivity contribution >= 4 is 11.6 Å². The van der Waals surface area contributed by atoms with Gasteiger partial charge in [0.15, 0.2) is 0 Å². The number of amides is 1. The van der Waals surface area contributed by atoms with Crippen LogP contribution < -0.4 is 5.32 Å². The number of pyridine rings is 1. The Hall–Kier alpha value is -2.71. The normalized spacial score (nSPS) is 9.67. The van der Waals surface area contributed by atoms with Crippen molar-refractivity contribution in [3.8, 4) is 11.8 Å². The molecule has 5 heteroatoms. The lowest BCUT2D eigenvalue weighted by Gasteiger charge is -2.08. The van der Waals surface area contributed by atoms with Crippen molar-refractivity contribution in [1.29, 1.82) is 0 Å². The van der Waals surface area contributed by atoms with Crippen LogP contribution in [0.2, 0.25) is 0 Å². The van der Waals surface area contributed by atoms with Gasteiger partial charge in [0.2, 0.25) is 0 Å². The van der Waals surface area contributed by atoms with Crippen LogP contribution in [-0.2, 0) is 0 Å². The van der Waals surface area contributed by atoms with E-state index in [1.54, 1.807) is 19.1 Å². The molecule has 0 fully saturated rings. The van der Waals surface area contributed by atoms with Gasteiger partial charge in [0, 0.05) is 23.0 Å². The molecular formula is C16H13FN2O2. The number of benzene rings is 1. The number of nitrogens with one attached hydrogen (secondary N) is 1. The summed E-state index contributed by atoms with van der Waals surface area (Å²) in [5.41, 5.74) is 1.58. The summed E-state index contributed by atoms with van der Waals surface area (Å²) in [6, 6.07) is 7.63. The average molecular weight is 284 g/mol. The summed E-state index contributed by atoms with van der Waals surface area (Å²) in [4.78, 5) is 16.0. The lowest BCUT2D eigenvalue weighted by molar-refractivity contribution is 0.102. The van der Waals surface area contributed by atoms with E-state index < -0.39 is 5.91 Å². The van der Waals surface area contributed by atoms with Crippen molar-refractivity contribution in [2.75, 3.05) is 11.9 Å². The Morgan fingerprint density at radius 2 is 2.19 bits per heavy atom. The predicted molar refractivity (Wildman–Crippen MR) is 77.3 cm³/mol. The van der Waals surface area contributed by atoms with Gasteiger partial charge in [-0.05, 0) is 31.2 Å². The molecule has 0 spiro atoms. The van der Waals surface area contributed by atoms with E-state index in [1.165, 1.54) is 24.4 Å². The fourth-order valence-corrected chi connectivity index (χ4v) is 1.67. The zero-order valence-corrected chi connectivity index (χ0v) is 11.4. The summed E-state index contributed by atoms with van der Waals surface area (Å²) in [5, 5.41) is 11.2. The van der Waals surface area contributed by atoms with Crippen LogP contribution in [0.4, 0.5) is 10.1 Å². The van der Waals surface area contributed by atoms with Crippen LogP contribution in [0.25, 0.3) is 0 Å². The quantitative estimate of drug-likeness (QED) is 0.830. The van der Waals surface area contributed by atoms with Gasteiger partial charge in [-0.25, -0.2) is 9.37 Å². The number of halogens is 1. The number of aliphatic hydroxyl groups excluding tert-OH is 1. The van der Waals surface area contributed by atoms with Gasteiger partial charge in [-0.1, -0.05) is 17.9 Å². The lowest BCUT2D eigenvalue weighted by atomic mass is 10.2. The monoisotopic (exact) mass is 284 g/mol. The minimum atomic E-state index is -0.426. The Labute approximate surface area is 121 Å². The van der Waals surface area contributed by atoms with Crippen molar-refractivity contribution < 1.29 is 14.3 Å². The summed E-state index contributed by atoms with van der Waals surface area (Å²) in [7, 11) is 0. The van der Waals surface area contributed by atoms with Gasteiger partial charge in [-0.15, -0.1) is 0 Å². The Kier molecular flexibility index (Phi) is 4.64. The largest absolute Gasteiger partial charge is 0.384 e. The minimum absolute atomic E-state index is 0.202. The zero-order chi connectivity index (χ0) is 15.2. The summed E-state index contributed by atoms with van der Waals surface area (Å²) in [6.07, 6.45) is 1.44. The molecule has 0 aliphatic carbocycles. The first-order valence-corrected chi connectivity index (χ1v) is 6.24. The van der Waals surface area contributed by atoms with E-state index in [1.807, 2.05) is 0 Å². The van der Waals surface area contributed by atoms with Gasteiger partial charge in [0.1, 0.15) is 18.1 Å². The van der Waals surface area contributed by atoms with Crippen LogP contribution in [0.15, 0.2) is 36.5 Å². The molecule has 0 saturated heterocycles. The van der Waals surface area contributed by atoms with Gasteiger partial charge < -0.3 is 10.4 Å². The molecule has 106 valence electrons. The number of aromatic nitrogens is 1. The zero-order valence-electron chi connectivity index (χ0n) is 11.4. The highest BCUT2D eigenvalue weighted by atomic mass is 19.1. The SMILES string of the molecule is Cc1c(F)cccc1NC(=O)c1ccc(C#CCO)cn1. The number of aliphatic hydroxyl groups is 1. The van der Waals surface area contributed by atoms with Crippen LogP contribution in [-0.4, -0.2) is 22.6 Å². The maximum atomic E-state index is 13.4. The lowest BCUT2D eigenvalue weighted by Crippen LogP contribution is -2.14. The second-order valence-electron chi connectivity index (χ2n) is 4.26. The van der Waals surface area contributed by atoms with Crippen LogP contribution in [0.3, 0.4) is 0 Å². The van der Waals surface area contributed by atoms with Crippen LogP contribution in [0, 0.1) is 24.6 Å². The molecular weight excluding hydrogens is 271 g/mol. The summed E-state index contributed by atoms with van der Waals surface area (Å²) in [6.45, 7) is 1.35. The van der Waals surface area contributed by atoms with Crippen molar-refractivity contribution in [2.24, 2.45) is 0 Å². The molecule has 1 aromatic heterocycles. The highest BCUT2D eigenvalue weighted by Gasteiger charge is 2.10. The van der Waals surface area contributed by atoms with E-state index in [4.69, 9.17) is 5.11 Å². The smallest absolute Gasteiger partial charge is 0.274 e. The first kappa shape index (κ1) is 14.7. The van der Waals surface area contributed by atoms with Gasteiger partial charge in [-0.3, -0.25) is 4.79 Å². The summed E-state index contributed by atoms with van der Waals surface area (Å²) in [5.74, 6) is 4.37. The molecule has 21 heavy (non-hydrogen) atoms. The molecule has 0 unspecified atom stereocenters. The Morgan fingerprint density at radius 3 is 2.86 bits per heavy atom. The van der Waals surface area contributed by atoms with Crippen LogP contribution >= 0.6 is 0 Å². The highest BCUT2D eigenvalue weighted by molar-refractivity contribution is 6.03. The number of hydrogen-bond donors (Lipinski definition) is 2. The minimum Gasteiger partial charge on any atom is -0.384 e. The number of carbonyl (C=O) groups is 1. The molecule has 0 saturated carbocycles. The molecule has 0 bridgehead atoms. The van der Waals surface area contributed by atoms with Crippen LogP contribution in [0.1, 0.15) is 21.6 Å². The fraction of sp³-hybridized carbons (Fsp3) is 0.125. The third-order valence-electron chi connectivity index (χ3n) is 2.82. The van der Waals surface area contributed by atoms with Crippen molar-refractivity contribution in [3.05, 3.63) is 59.2 Å². The topological polar surface area (TPSA) is 62.2 Å². The van der Waals surface area contributed by atoms with E-state index in [-0.39, 0.29) is 18.1 Å². The second kappa shape index (κ2) is 6.64. The van der Waals surface area contributed by atoms with E-state index in [9.17, 15) is 9.18 Å². The maximum Gasteiger partial charge on any atom is 0.274 e. The molecule has 0 aliphatic heterocycles. The predicted octanol–water partition coefficient (Wildman–Crippen LogP) is 2.13. The Morgan fingerprint density at radius 1 is 1.38 bits per heavy atom. The molecule has 2 rings (SSSR count). The number of carbonyl (C=O) groups excluding carboxylic acids is 1. The van der Waals surface area contributed by atoms with Gasteiger partial charge in [-0.2, -0.15) is 0 Å². The molecule has 1 heterocycles. The molecule has 1 aromatic carbocycles. The van der Waals surface area contributed by atoms with Crippen LogP contribution in [0.5, 0.6) is 0 Å². The van der Waals surface area contributed by atoms with Crippen molar-refractivity contribution in [1.82, 2.24) is 4.98 Å². The van der Waals surface area contributed by atoms with Crippen molar-refractivity contribution in [2.45, 2.75) is 6.92 Å². The van der Waals surface area contributed by atoms with E-state index in [2.05, 4.69) is 22.1 Å². The highest BCUT2D eigenvalue weighted by Crippen LogP contribution is 2.18. The molecule has 0 atom stereocenters. The number of anilines is 1. The third kappa shape index (κ3) is 3.65. The molecule has 0 radical (unpaired) electrons. The third-order valence-corrected chi connectivity index (χ3v) is 2.82. The van der Waals surface area contributed by atoms with Gasteiger partial charge >= 0.3 is 0 Å². The van der Waals surface area contributed by atoms with E-state index >= 15 is 0 Å². The van der Waals surface area contributed by atoms with Crippen molar-refractivity contribution in [3.63, 3.8) is 0 Å². The first-order valence-electron chi connectivity index (χ1n) is 6.24. The fourth-order valence-electron chi connectivity index (χ4n) is 1.67. The standard InChI is InChI=1S/C16H13FN2O2/c1-11-13(17)5-2-6-14(11)19-16(21)15-8-7-12(10-18-15)4-3-9-20/h2,5-8,10,20H,9H2,1H3,(H,19,21). The first-order chi connectivity index (χ1) is 10.1. The Bertz CT molecular complexity index is 715. The second-order valence-corrected chi connectivity index (χ2v) is 4.26.